The number of hydrogen-bond donors (Lipinski definition) is 2. The summed E-state index contributed by atoms with van der Waals surface area (Å²) in [7, 11) is -3.92. The van der Waals surface area contributed by atoms with Gasteiger partial charge in [-0.25, -0.2) is 8.42 Å². The van der Waals surface area contributed by atoms with Gasteiger partial charge in [0.05, 0.1) is 11.0 Å². The van der Waals surface area contributed by atoms with E-state index in [1.165, 1.54) is 27.0 Å². The second-order valence-corrected chi connectivity index (χ2v) is 11.7. The first-order valence-corrected chi connectivity index (χ1v) is 13.4. The Hall–Kier alpha value is -2.20. The van der Waals surface area contributed by atoms with Gasteiger partial charge in [0.25, 0.3) is 15.7 Å². The van der Waals surface area contributed by atoms with Gasteiger partial charge in [0, 0.05) is 71.7 Å². The molecule has 3 aromatic rings. The summed E-state index contributed by atoms with van der Waals surface area (Å²) in [5.74, 6) is -0.996. The summed E-state index contributed by atoms with van der Waals surface area (Å²) in [5, 5.41) is 1.43. The third-order valence-electron chi connectivity index (χ3n) is 5.91. The monoisotopic (exact) mass is 659 g/mol. The van der Waals surface area contributed by atoms with Crippen LogP contribution in [0, 0.1) is 6.92 Å². The number of thioether (sulfide) groups is 1. The maximum absolute atomic E-state index is 13.4. The molecule has 0 spiro atoms. The average molecular weight is 660 g/mol. The highest BCUT2D eigenvalue weighted by atomic mass is 127. The van der Waals surface area contributed by atoms with Gasteiger partial charge in [-0.05, 0) is 31.2 Å². The van der Waals surface area contributed by atoms with Crippen molar-refractivity contribution in [2.75, 3.05) is 19.6 Å². The molecular formula is C22H21ClIN6O4S2. The third kappa shape index (κ3) is 5.11. The molecule has 0 bridgehead atoms. The van der Waals surface area contributed by atoms with Gasteiger partial charge < -0.3 is 39.6 Å². The number of halogens is 2. The first kappa shape index (κ1) is 26.9. The largest absolute Gasteiger partial charge is 1.00 e. The molecule has 2 amide bonds. The summed E-state index contributed by atoms with van der Waals surface area (Å²) >= 11 is 7.23. The molecule has 1 radical (unpaired) electrons. The lowest BCUT2D eigenvalue weighted by atomic mass is 10.1. The molecule has 10 nitrogen and oxygen atoms in total. The zero-order valence-electron chi connectivity index (χ0n) is 18.9. The predicted octanol–water partition coefficient (Wildman–Crippen LogP) is -1.22. The van der Waals surface area contributed by atoms with Gasteiger partial charge in [0.2, 0.25) is 5.91 Å². The van der Waals surface area contributed by atoms with E-state index in [9.17, 15) is 18.0 Å². The Morgan fingerprint density at radius 3 is 2.81 bits per heavy atom. The van der Waals surface area contributed by atoms with Crippen molar-refractivity contribution in [2.24, 2.45) is 5.73 Å². The summed E-state index contributed by atoms with van der Waals surface area (Å²) < 4.78 is 28.1. The molecule has 1 aromatic carbocycles. The minimum absolute atomic E-state index is 0. The number of aromatic nitrogens is 2. The van der Waals surface area contributed by atoms with Crippen molar-refractivity contribution in [1.82, 2.24) is 24.2 Å². The highest BCUT2D eigenvalue weighted by molar-refractivity contribution is 8.16. The van der Waals surface area contributed by atoms with Crippen LogP contribution in [-0.2, 0) is 19.6 Å². The molecule has 3 N–H and O–H groups in total. The Labute approximate surface area is 233 Å². The quantitative estimate of drug-likeness (QED) is 0.329. The zero-order valence-corrected chi connectivity index (χ0v) is 23.5. The van der Waals surface area contributed by atoms with Crippen LogP contribution < -0.4 is 34.7 Å². The van der Waals surface area contributed by atoms with E-state index in [2.05, 4.69) is 15.0 Å². The standard InChI is InChI=1S/C22H21ClN6O4S2.HI/c1-12-6-17-18(10-25-12)34-21(27-17)22(31)29-5-4-28(11-15(29)9-19(24)30)35(32,33)20-8-13-7-14(23)2-3-16(13)26-20;/h2-3,6-8,10,15,26H,4-5,9,11H2,1H3,(H2,24,30);1H/q+1;/p-1. The number of aliphatic imine (C=N–C) groups is 1. The van der Waals surface area contributed by atoms with Crippen molar-refractivity contribution in [1.29, 1.82) is 0 Å². The molecule has 1 unspecified atom stereocenters. The summed E-state index contributed by atoms with van der Waals surface area (Å²) in [6, 6.07) is 7.64. The highest BCUT2D eigenvalue weighted by Crippen LogP contribution is 2.34. The van der Waals surface area contributed by atoms with Crippen molar-refractivity contribution >= 4 is 66.8 Å². The average Bonchev–Trinajstić information content (AvgIpc) is 3.42. The molecule has 1 atom stereocenters. The Morgan fingerprint density at radius 1 is 1.28 bits per heavy atom. The molecule has 2 aliphatic rings. The number of pyridine rings is 1. The Kier molecular flexibility index (Phi) is 7.67. The minimum atomic E-state index is -3.92. The molecule has 0 aliphatic carbocycles. The number of benzene rings is 1. The summed E-state index contributed by atoms with van der Waals surface area (Å²) in [6.07, 6.45) is 1.49. The van der Waals surface area contributed by atoms with Crippen LogP contribution in [0.5, 0.6) is 0 Å². The van der Waals surface area contributed by atoms with Crippen LogP contribution >= 0.6 is 23.4 Å². The smallest absolute Gasteiger partial charge is 0.381 e. The second-order valence-electron chi connectivity index (χ2n) is 8.36. The third-order valence-corrected chi connectivity index (χ3v) is 8.93. The first-order chi connectivity index (χ1) is 16.6. The number of nitrogens with two attached hydrogens (primary N) is 1. The van der Waals surface area contributed by atoms with Gasteiger partial charge in [-0.3, -0.25) is 14.6 Å². The highest BCUT2D eigenvalue weighted by Gasteiger charge is 2.43. The molecule has 36 heavy (non-hydrogen) atoms. The second kappa shape index (κ2) is 10.3. The van der Waals surface area contributed by atoms with Crippen LogP contribution in [0.1, 0.15) is 12.1 Å². The number of H-pyrrole nitrogens is 1. The van der Waals surface area contributed by atoms with Crippen LogP contribution in [0.2, 0.25) is 5.02 Å². The molecule has 1 fully saturated rings. The predicted molar refractivity (Wildman–Crippen MR) is 133 cm³/mol. The van der Waals surface area contributed by atoms with Crippen LogP contribution in [0.25, 0.3) is 10.9 Å². The molecule has 0 saturated carbocycles. The van der Waals surface area contributed by atoms with Crippen LogP contribution in [0.15, 0.2) is 46.5 Å². The fraction of sp³-hybridized carbons (Fsp3) is 0.273. The topological polar surface area (TPSA) is 144 Å². The van der Waals surface area contributed by atoms with Gasteiger partial charge in [-0.2, -0.15) is 4.31 Å². The van der Waals surface area contributed by atoms with E-state index in [0.717, 1.165) is 10.6 Å². The van der Waals surface area contributed by atoms with Gasteiger partial charge >= 0.3 is 11.0 Å². The molecule has 189 valence electrons. The van der Waals surface area contributed by atoms with E-state index in [1.807, 2.05) is 6.92 Å². The number of rotatable bonds is 5. The van der Waals surface area contributed by atoms with E-state index in [4.69, 9.17) is 17.3 Å². The maximum Gasteiger partial charge on any atom is 0.381 e. The van der Waals surface area contributed by atoms with E-state index < -0.39 is 22.0 Å². The Morgan fingerprint density at radius 2 is 2.06 bits per heavy atom. The molecule has 5 rings (SSSR count). The van der Waals surface area contributed by atoms with Gasteiger partial charge in [0.1, 0.15) is 9.92 Å². The first-order valence-electron chi connectivity index (χ1n) is 10.7. The van der Waals surface area contributed by atoms with Crippen molar-refractivity contribution in [2.45, 2.75) is 29.3 Å². The van der Waals surface area contributed by atoms with Crippen molar-refractivity contribution in [3.63, 3.8) is 0 Å². The van der Waals surface area contributed by atoms with Crippen LogP contribution in [0.4, 0.5) is 5.69 Å². The number of hydrogen-bond acceptors (Lipinski definition) is 7. The van der Waals surface area contributed by atoms with Crippen LogP contribution in [-0.4, -0.2) is 70.1 Å². The van der Waals surface area contributed by atoms with E-state index in [-0.39, 0.29) is 66.0 Å². The number of fused-ring (bicyclic) bond motifs is 2. The Balaban J connectivity index is 0.00000304. The van der Waals surface area contributed by atoms with E-state index in [0.29, 0.717) is 21.6 Å². The number of aromatic amines is 1. The Bertz CT molecular complexity index is 1510. The van der Waals surface area contributed by atoms with Gasteiger partial charge in [-0.1, -0.05) is 11.6 Å². The SMILES string of the molecule is Cc1cc2c(cn1)SC(C(=O)N1CCN(S(=O)(=O)c3cc4cc(Cl)ccc4[nH]3)CC1CC(N)=O)=[N+]2.[I-]. The molecule has 4 heterocycles. The summed E-state index contributed by atoms with van der Waals surface area (Å²) in [5.41, 5.74) is 7.53. The molecule has 2 aromatic heterocycles. The van der Waals surface area contributed by atoms with Crippen molar-refractivity contribution < 1.29 is 42.0 Å². The van der Waals surface area contributed by atoms with Crippen molar-refractivity contribution in [3.8, 4) is 0 Å². The van der Waals surface area contributed by atoms with E-state index in [1.54, 1.807) is 30.5 Å². The van der Waals surface area contributed by atoms with Crippen LogP contribution in [0.3, 0.4) is 0 Å². The number of carbonyl (C=O) groups is 2. The number of carbonyl (C=O) groups excluding carboxylic acids is 2. The molecule has 14 heteroatoms. The number of nitrogens with one attached hydrogen (secondary N) is 1. The minimum Gasteiger partial charge on any atom is -1.00 e. The van der Waals surface area contributed by atoms with Gasteiger partial charge in [-0.15, -0.1) is 0 Å². The molecule has 2 aliphatic heterocycles. The lowest BCUT2D eigenvalue weighted by molar-refractivity contribution is -0.129. The number of nitrogens with zero attached hydrogens (tertiary/aromatic N) is 4. The zero-order chi connectivity index (χ0) is 24.9. The summed E-state index contributed by atoms with van der Waals surface area (Å²) in [4.78, 5) is 39.0. The fourth-order valence-corrected chi connectivity index (χ4v) is 6.76. The maximum atomic E-state index is 13.4. The molecular weight excluding hydrogens is 639 g/mol. The van der Waals surface area contributed by atoms with E-state index >= 15 is 0 Å². The lowest BCUT2D eigenvalue weighted by Gasteiger charge is -2.39. The number of amides is 2. The number of sulfonamides is 1. The fourth-order valence-electron chi connectivity index (χ4n) is 4.22. The summed E-state index contributed by atoms with van der Waals surface area (Å²) in [6.45, 7) is 1.92. The van der Waals surface area contributed by atoms with Gasteiger partial charge in [0.15, 0.2) is 0 Å². The lowest BCUT2D eigenvalue weighted by Crippen LogP contribution is -3.00. The van der Waals surface area contributed by atoms with Crippen molar-refractivity contribution in [3.05, 3.63) is 47.2 Å². The number of primary amides is 1. The number of aryl methyl sites for hydroxylation is 1. The number of piperazine rings is 1. The normalized spacial score (nSPS) is 18.0. The molecule has 1 saturated heterocycles.